The van der Waals surface area contributed by atoms with Crippen LogP contribution in [0.15, 0.2) is 96.5 Å². The molecule has 0 aliphatic heterocycles. The second kappa shape index (κ2) is 22.8. The maximum atomic E-state index is 12.6. The third-order valence-electron chi connectivity index (χ3n) is 7.23. The number of anilines is 5. The smallest absolute Gasteiger partial charge is 0.748 e. The Labute approximate surface area is 446 Å². The molecule has 0 spiro atoms. The number of carbonyl (C=O) groups excluding carboxylic acids is 1. The molecule has 1 heterocycles. The van der Waals surface area contributed by atoms with E-state index < -0.39 is 99.0 Å². The van der Waals surface area contributed by atoms with Gasteiger partial charge in [-0.25, -0.2) is 46.9 Å². The Morgan fingerprint density at radius 3 is 1.73 bits per heavy atom. The van der Waals surface area contributed by atoms with Crippen molar-refractivity contribution in [2.45, 2.75) is 19.6 Å². The molecule has 5 rings (SSSR count). The van der Waals surface area contributed by atoms with E-state index in [1.165, 1.54) is 30.3 Å². The SMILES string of the molecule is NC(=O)Nc1cc(Nc2nc(Cl)nc(Nc3cccc(S(=O)(=O)CCS(=O)(=O)[O-])c3)n2)ccc1N=Nc1cc2c(S(=O)(=O)[O-])cc(S(=O)(=O)[O-])cc2cc1S(=O)(=O)[O-].[Na+].[Na+].[Na+].[Na+]. The number of amides is 2. The summed E-state index contributed by atoms with van der Waals surface area (Å²) < 4.78 is 165. The second-order valence-electron chi connectivity index (χ2n) is 11.4. The van der Waals surface area contributed by atoms with Gasteiger partial charge < -0.3 is 39.9 Å². The normalized spacial score (nSPS) is 12.0. The molecular formula is C28H20ClN9Na4O15S5. The number of nitrogens with one attached hydrogen (secondary N) is 3. The summed E-state index contributed by atoms with van der Waals surface area (Å²) in [6.07, 6.45) is 0. The minimum Gasteiger partial charge on any atom is -0.748 e. The average molecular weight is 1010 g/mol. The molecule has 5 aromatic rings. The summed E-state index contributed by atoms with van der Waals surface area (Å²) in [4.78, 5) is 19.8. The van der Waals surface area contributed by atoms with Crippen LogP contribution < -0.4 is 140 Å². The van der Waals surface area contributed by atoms with Gasteiger partial charge in [0.1, 0.15) is 41.7 Å². The number of rotatable bonds is 14. The van der Waals surface area contributed by atoms with Crippen molar-refractivity contribution in [2.24, 2.45) is 16.0 Å². The number of aromatic nitrogens is 3. The third-order valence-corrected chi connectivity index (χ3v) is 12.6. The molecule has 24 nitrogen and oxygen atoms in total. The van der Waals surface area contributed by atoms with Gasteiger partial charge in [-0.2, -0.15) is 15.0 Å². The van der Waals surface area contributed by atoms with E-state index in [1.54, 1.807) is 0 Å². The summed E-state index contributed by atoms with van der Waals surface area (Å²) >= 11 is 6.06. The monoisotopic (exact) mass is 1010 g/mol. The summed E-state index contributed by atoms with van der Waals surface area (Å²) in [5, 5.41) is 13.5. The Morgan fingerprint density at radius 1 is 0.629 bits per heavy atom. The molecule has 0 saturated heterocycles. The molecular weight excluding hydrogens is 990 g/mol. The predicted octanol–water partition coefficient (Wildman–Crippen LogP) is -9.88. The number of hydrogen-bond donors (Lipinski definition) is 4. The molecule has 1 aromatic heterocycles. The van der Waals surface area contributed by atoms with Crippen LogP contribution in [0, 0.1) is 0 Å². The number of primary amides is 1. The van der Waals surface area contributed by atoms with Gasteiger partial charge in [0.05, 0.1) is 46.9 Å². The van der Waals surface area contributed by atoms with Crippen molar-refractivity contribution in [3.63, 3.8) is 0 Å². The van der Waals surface area contributed by atoms with Crippen LogP contribution in [0.2, 0.25) is 5.28 Å². The fraction of sp³-hybridized carbons (Fsp3) is 0.0714. The van der Waals surface area contributed by atoms with Crippen LogP contribution in [-0.4, -0.2) is 92.8 Å². The molecule has 2 amide bonds. The molecule has 0 aliphatic carbocycles. The van der Waals surface area contributed by atoms with E-state index in [2.05, 4.69) is 41.1 Å². The van der Waals surface area contributed by atoms with E-state index >= 15 is 0 Å². The van der Waals surface area contributed by atoms with Gasteiger partial charge in [0.15, 0.2) is 9.84 Å². The van der Waals surface area contributed by atoms with E-state index in [0.29, 0.717) is 18.2 Å². The van der Waals surface area contributed by atoms with Crippen LogP contribution in [0.3, 0.4) is 0 Å². The number of carbonyl (C=O) groups is 1. The number of nitrogens with zero attached hydrogens (tertiary/aromatic N) is 5. The van der Waals surface area contributed by atoms with Gasteiger partial charge in [0.2, 0.25) is 17.2 Å². The number of benzene rings is 4. The van der Waals surface area contributed by atoms with Crippen LogP contribution in [0.1, 0.15) is 0 Å². The predicted molar refractivity (Wildman–Crippen MR) is 196 cm³/mol. The van der Waals surface area contributed by atoms with Crippen molar-refractivity contribution >= 4 is 119 Å². The zero-order chi connectivity index (χ0) is 43.0. The minimum atomic E-state index is -5.53. The summed E-state index contributed by atoms with van der Waals surface area (Å²) in [5.41, 5.74) is 4.09. The van der Waals surface area contributed by atoms with E-state index in [4.69, 9.17) is 17.3 Å². The standard InChI is InChI=1S/C28H24ClN9O15S5.4Na/c29-25-34-27(31-15-2-1-3-17(10-15)54(40,41)6-7-55(42,43)44)36-28(35-25)32-16-4-5-20(21(11-16)33-26(30)39)37-38-22-13-19-14(9-24(22)58(51,52)53)8-18(56(45,46)47)12-23(19)57(48,49)50;;;;/h1-5,8-13H,6-7H2,(H3,30,33,39)(H,42,43,44)(H,45,46,47)(H,48,49,50)(H,51,52,53)(H2,31,32,34,35,36);;;;/q;4*+1/p-4. The first-order chi connectivity index (χ1) is 26.7. The first-order valence-corrected chi connectivity index (χ1v) is 22.8. The Kier molecular flexibility index (Phi) is 21.5. The molecule has 0 radical (unpaired) electrons. The molecule has 0 unspecified atom stereocenters. The Hall–Kier alpha value is -1.50. The van der Waals surface area contributed by atoms with Crippen LogP contribution in [0.25, 0.3) is 10.8 Å². The summed E-state index contributed by atoms with van der Waals surface area (Å²) in [7, 11) is -25.4. The molecule has 4 aromatic carbocycles. The number of halogens is 1. The van der Waals surface area contributed by atoms with Gasteiger partial charge in [-0.3, -0.25) is 0 Å². The molecule has 0 fully saturated rings. The molecule has 34 heteroatoms. The number of nitrogens with two attached hydrogens (primary N) is 1. The van der Waals surface area contributed by atoms with Gasteiger partial charge in [-0.05, 0) is 77.7 Å². The van der Waals surface area contributed by atoms with Crippen molar-refractivity contribution < 1.29 is 183 Å². The average Bonchev–Trinajstić information content (AvgIpc) is 3.07. The van der Waals surface area contributed by atoms with Crippen molar-refractivity contribution in [2.75, 3.05) is 27.5 Å². The van der Waals surface area contributed by atoms with Gasteiger partial charge in [0, 0.05) is 16.8 Å². The summed E-state index contributed by atoms with van der Waals surface area (Å²) in [6.45, 7) is 0. The molecule has 0 saturated carbocycles. The Morgan fingerprint density at radius 2 is 1.19 bits per heavy atom. The maximum Gasteiger partial charge on any atom is 1.00 e. The minimum absolute atomic E-state index is 0. The number of sulfone groups is 1. The first kappa shape index (κ1) is 58.5. The summed E-state index contributed by atoms with van der Waals surface area (Å²) in [6, 6.07) is 9.37. The van der Waals surface area contributed by atoms with E-state index in [1.807, 2.05) is 0 Å². The van der Waals surface area contributed by atoms with Gasteiger partial charge in [0.25, 0.3) is 0 Å². The molecule has 62 heavy (non-hydrogen) atoms. The van der Waals surface area contributed by atoms with E-state index in [-0.39, 0.29) is 169 Å². The second-order valence-corrected chi connectivity index (χ2v) is 19.4. The van der Waals surface area contributed by atoms with Crippen LogP contribution in [0.4, 0.5) is 45.1 Å². The third kappa shape index (κ3) is 16.1. The fourth-order valence-corrected chi connectivity index (χ4v) is 9.44. The fourth-order valence-electron chi connectivity index (χ4n) is 4.81. The van der Waals surface area contributed by atoms with Crippen LogP contribution >= 0.6 is 11.6 Å². The molecule has 0 atom stereocenters. The quantitative estimate of drug-likeness (QED) is 0.0456. The Bertz CT molecular complexity index is 3140. The van der Waals surface area contributed by atoms with Crippen molar-refractivity contribution in [1.29, 1.82) is 0 Å². The number of fused-ring (bicyclic) bond motifs is 1. The number of azo groups is 1. The van der Waals surface area contributed by atoms with E-state index in [0.717, 1.165) is 12.1 Å². The van der Waals surface area contributed by atoms with E-state index in [9.17, 15) is 65.1 Å². The topological polar surface area (TPSA) is 406 Å². The molecule has 0 bridgehead atoms. The van der Waals surface area contributed by atoms with Crippen molar-refractivity contribution in [1.82, 2.24) is 15.0 Å². The Balaban J connectivity index is 0.00000480. The zero-order valence-corrected chi connectivity index (χ0v) is 45.0. The van der Waals surface area contributed by atoms with Crippen molar-refractivity contribution in [3.05, 3.63) is 72.0 Å². The number of hydrogen-bond acceptors (Lipinski definition) is 22. The van der Waals surface area contributed by atoms with Crippen LogP contribution in [-0.2, 0) is 50.3 Å². The first-order valence-electron chi connectivity index (χ1n) is 15.0. The zero-order valence-electron chi connectivity index (χ0n) is 32.1. The summed E-state index contributed by atoms with van der Waals surface area (Å²) in [5.74, 6) is -2.60. The van der Waals surface area contributed by atoms with Crippen LogP contribution in [0.5, 0.6) is 0 Å². The largest absolute Gasteiger partial charge is 1.00 e. The number of urea groups is 1. The van der Waals surface area contributed by atoms with Gasteiger partial charge in [-0.15, -0.1) is 10.2 Å². The van der Waals surface area contributed by atoms with Crippen molar-refractivity contribution in [3.8, 4) is 0 Å². The van der Waals surface area contributed by atoms with Gasteiger partial charge >= 0.3 is 124 Å². The molecule has 0 aliphatic rings. The maximum absolute atomic E-state index is 12.6. The molecule has 5 N–H and O–H groups in total. The van der Waals surface area contributed by atoms with Gasteiger partial charge in [-0.1, -0.05) is 6.07 Å². The molecule has 308 valence electrons.